The van der Waals surface area contributed by atoms with Crippen LogP contribution in [0.4, 0.5) is 5.13 Å². The van der Waals surface area contributed by atoms with Crippen molar-refractivity contribution in [3.05, 3.63) is 70.4 Å². The minimum absolute atomic E-state index is 0.0419. The number of rotatable bonds is 3. The number of nitrogens with zero attached hydrogens (tertiary/aromatic N) is 2. The molecule has 1 N–H and O–H groups in total. The monoisotopic (exact) mass is 477 g/mol. The van der Waals surface area contributed by atoms with Gasteiger partial charge in [-0.1, -0.05) is 67.1 Å². The standard InChI is InChI=1S/C26H24ClN3O2S/c1-14-21(24(32)30-25-29-17-10-6-7-11-20(17)33-25)22(15-8-4-5-9-16(15)27)23-18(28-14)12-26(2,3)13-19(23)31/h4-11,21-22H,12-13H2,1-3H3,(H,29,30,32)/t21?,22-/m1/s1. The van der Waals surface area contributed by atoms with E-state index in [2.05, 4.69) is 24.1 Å². The molecule has 2 heterocycles. The summed E-state index contributed by atoms with van der Waals surface area (Å²) in [6.07, 6.45) is 1.12. The van der Waals surface area contributed by atoms with Crippen LogP contribution in [0.3, 0.4) is 0 Å². The van der Waals surface area contributed by atoms with Crippen LogP contribution in [-0.2, 0) is 9.59 Å². The number of thiazole rings is 1. The lowest BCUT2D eigenvalue weighted by Gasteiger charge is -2.39. The third kappa shape index (κ3) is 4.02. The quantitative estimate of drug-likeness (QED) is 0.474. The number of hydrogen-bond acceptors (Lipinski definition) is 5. The van der Waals surface area contributed by atoms with E-state index in [9.17, 15) is 9.59 Å². The molecule has 0 fully saturated rings. The lowest BCUT2D eigenvalue weighted by Crippen LogP contribution is -2.41. The Labute approximate surface area is 201 Å². The summed E-state index contributed by atoms with van der Waals surface area (Å²) < 4.78 is 0.999. The number of carbonyl (C=O) groups excluding carboxylic acids is 2. The van der Waals surface area contributed by atoms with Gasteiger partial charge < -0.3 is 5.32 Å². The summed E-state index contributed by atoms with van der Waals surface area (Å²) in [7, 11) is 0. The number of carbonyl (C=O) groups is 2. The second kappa shape index (κ2) is 8.19. The van der Waals surface area contributed by atoms with Crippen molar-refractivity contribution in [3.8, 4) is 0 Å². The third-order valence-corrected chi connectivity index (χ3v) is 7.64. The van der Waals surface area contributed by atoms with Crippen LogP contribution < -0.4 is 5.32 Å². The maximum atomic E-state index is 13.7. The maximum Gasteiger partial charge on any atom is 0.235 e. The number of ketones is 1. The van der Waals surface area contributed by atoms with Gasteiger partial charge in [0, 0.05) is 34.3 Å². The second-order valence-electron chi connectivity index (χ2n) is 9.51. The number of anilines is 1. The van der Waals surface area contributed by atoms with E-state index in [-0.39, 0.29) is 17.1 Å². The lowest BCUT2D eigenvalue weighted by atomic mass is 9.66. The van der Waals surface area contributed by atoms with Gasteiger partial charge in [-0.2, -0.15) is 0 Å². The topological polar surface area (TPSA) is 71.4 Å². The van der Waals surface area contributed by atoms with Gasteiger partial charge in [0.25, 0.3) is 0 Å². The second-order valence-corrected chi connectivity index (χ2v) is 10.9. The largest absolute Gasteiger partial charge is 0.301 e. The molecule has 1 amide bonds. The van der Waals surface area contributed by atoms with Gasteiger partial charge in [-0.15, -0.1) is 0 Å². The van der Waals surface area contributed by atoms with Crippen molar-refractivity contribution in [1.82, 2.24) is 4.98 Å². The molecule has 2 atom stereocenters. The fourth-order valence-electron chi connectivity index (χ4n) is 4.96. The molecular formula is C26H24ClN3O2S. The number of halogens is 1. The number of aliphatic imine (C=N–C) groups is 1. The highest BCUT2D eigenvalue weighted by molar-refractivity contribution is 7.22. The third-order valence-electron chi connectivity index (χ3n) is 6.35. The van der Waals surface area contributed by atoms with E-state index in [1.165, 1.54) is 11.3 Å². The highest BCUT2D eigenvalue weighted by atomic mass is 35.5. The molecule has 33 heavy (non-hydrogen) atoms. The van der Waals surface area contributed by atoms with Crippen molar-refractivity contribution in [3.63, 3.8) is 0 Å². The van der Waals surface area contributed by atoms with Crippen LogP contribution in [0.5, 0.6) is 0 Å². The van der Waals surface area contributed by atoms with E-state index < -0.39 is 11.8 Å². The van der Waals surface area contributed by atoms with Crippen molar-refractivity contribution >= 4 is 55.7 Å². The zero-order chi connectivity index (χ0) is 23.3. The molecule has 5 rings (SSSR count). The summed E-state index contributed by atoms with van der Waals surface area (Å²) in [4.78, 5) is 36.4. The predicted octanol–water partition coefficient (Wildman–Crippen LogP) is 6.41. The average Bonchev–Trinajstić information content (AvgIpc) is 3.14. The molecule has 0 saturated heterocycles. The number of amides is 1. The van der Waals surface area contributed by atoms with E-state index in [1.807, 2.05) is 49.4 Å². The first kappa shape index (κ1) is 22.0. The summed E-state index contributed by atoms with van der Waals surface area (Å²) in [6, 6.07) is 15.2. The van der Waals surface area contributed by atoms with Gasteiger partial charge in [0.2, 0.25) is 5.91 Å². The molecule has 1 aliphatic carbocycles. The number of fused-ring (bicyclic) bond motifs is 1. The van der Waals surface area contributed by atoms with E-state index in [0.717, 1.165) is 21.5 Å². The van der Waals surface area contributed by atoms with E-state index in [0.29, 0.717) is 34.3 Å². The van der Waals surface area contributed by atoms with Gasteiger partial charge in [-0.25, -0.2) is 4.98 Å². The summed E-state index contributed by atoms with van der Waals surface area (Å²) in [5, 5.41) is 4.06. The minimum atomic E-state index is -0.652. The van der Waals surface area contributed by atoms with Crippen LogP contribution in [0.15, 0.2) is 64.8 Å². The summed E-state index contributed by atoms with van der Waals surface area (Å²) in [5.74, 6) is -1.32. The number of benzene rings is 2. The zero-order valence-corrected chi connectivity index (χ0v) is 20.3. The van der Waals surface area contributed by atoms with E-state index in [4.69, 9.17) is 16.6 Å². The van der Waals surface area contributed by atoms with Crippen LogP contribution in [0.1, 0.15) is 45.1 Å². The maximum absolute atomic E-state index is 13.7. The van der Waals surface area contributed by atoms with Crippen molar-refractivity contribution in [2.45, 2.75) is 39.5 Å². The molecule has 3 aromatic rings. The first-order valence-electron chi connectivity index (χ1n) is 11.0. The highest BCUT2D eigenvalue weighted by Crippen LogP contribution is 2.49. The molecule has 168 valence electrons. The first-order valence-corrected chi connectivity index (χ1v) is 12.2. The Bertz CT molecular complexity index is 1320. The first-order chi connectivity index (χ1) is 15.7. The van der Waals surface area contributed by atoms with E-state index >= 15 is 0 Å². The molecule has 0 radical (unpaired) electrons. The Balaban J connectivity index is 1.59. The van der Waals surface area contributed by atoms with Gasteiger partial charge in [0.1, 0.15) is 0 Å². The molecule has 1 aliphatic heterocycles. The molecule has 5 nitrogen and oxygen atoms in total. The summed E-state index contributed by atoms with van der Waals surface area (Å²) in [6.45, 7) is 6.02. The molecular weight excluding hydrogens is 454 g/mol. The van der Waals surface area contributed by atoms with Crippen LogP contribution in [-0.4, -0.2) is 22.4 Å². The van der Waals surface area contributed by atoms with Crippen molar-refractivity contribution < 1.29 is 9.59 Å². The fourth-order valence-corrected chi connectivity index (χ4v) is 6.08. The van der Waals surface area contributed by atoms with Crippen molar-refractivity contribution in [2.75, 3.05) is 5.32 Å². The smallest absolute Gasteiger partial charge is 0.235 e. The Hall–Kier alpha value is -2.83. The normalized spacial score (nSPS) is 22.2. The molecule has 0 saturated carbocycles. The van der Waals surface area contributed by atoms with E-state index in [1.54, 1.807) is 6.07 Å². The molecule has 7 heteroatoms. The molecule has 0 spiro atoms. The SMILES string of the molecule is CC1=NC2=C(C(=O)CC(C)(C)C2)[C@H](c2ccccc2Cl)C1C(=O)Nc1nc2ccccc2s1. The van der Waals surface area contributed by atoms with Crippen LogP contribution in [0.25, 0.3) is 10.2 Å². The predicted molar refractivity (Wildman–Crippen MR) is 134 cm³/mol. The zero-order valence-electron chi connectivity index (χ0n) is 18.7. The lowest BCUT2D eigenvalue weighted by molar-refractivity contribution is -0.119. The van der Waals surface area contributed by atoms with Crippen LogP contribution in [0.2, 0.25) is 5.02 Å². The number of aromatic nitrogens is 1. The molecule has 1 unspecified atom stereocenters. The highest BCUT2D eigenvalue weighted by Gasteiger charge is 2.46. The number of para-hydroxylation sites is 1. The Morgan fingerprint density at radius 2 is 1.85 bits per heavy atom. The van der Waals surface area contributed by atoms with Gasteiger partial charge in [-0.3, -0.25) is 14.6 Å². The van der Waals surface area contributed by atoms with Crippen molar-refractivity contribution in [2.24, 2.45) is 16.3 Å². The Morgan fingerprint density at radius 3 is 2.61 bits per heavy atom. The fraction of sp³-hybridized carbons (Fsp3) is 0.308. The van der Waals surface area contributed by atoms with Gasteiger partial charge in [-0.05, 0) is 42.5 Å². The summed E-state index contributed by atoms with van der Waals surface area (Å²) in [5.41, 5.74) is 3.53. The Morgan fingerprint density at radius 1 is 1.12 bits per heavy atom. The van der Waals surface area contributed by atoms with Gasteiger partial charge in [0.15, 0.2) is 10.9 Å². The number of Topliss-reactive ketones (excluding diaryl/α,β-unsaturated/α-hetero) is 1. The van der Waals surface area contributed by atoms with Crippen molar-refractivity contribution in [1.29, 1.82) is 0 Å². The van der Waals surface area contributed by atoms with Gasteiger partial charge in [0.05, 0.1) is 16.1 Å². The van der Waals surface area contributed by atoms with Crippen LogP contribution >= 0.6 is 22.9 Å². The molecule has 2 aromatic carbocycles. The number of nitrogens with one attached hydrogen (secondary N) is 1. The van der Waals surface area contributed by atoms with Gasteiger partial charge >= 0.3 is 0 Å². The average molecular weight is 478 g/mol. The van der Waals surface area contributed by atoms with Crippen LogP contribution in [0, 0.1) is 11.3 Å². The number of allylic oxidation sites excluding steroid dienone is 2. The minimum Gasteiger partial charge on any atom is -0.301 e. The molecule has 2 aliphatic rings. The number of hydrogen-bond donors (Lipinski definition) is 1. The summed E-state index contributed by atoms with van der Waals surface area (Å²) >= 11 is 8.03. The Kier molecular flexibility index (Phi) is 5.46. The molecule has 0 bridgehead atoms. The molecule has 1 aromatic heterocycles.